The molecule has 0 aliphatic rings. The molecular formula is C19H15F3N4OS. The van der Waals surface area contributed by atoms with Gasteiger partial charge in [0, 0.05) is 12.1 Å². The molecule has 0 spiro atoms. The van der Waals surface area contributed by atoms with Crippen molar-refractivity contribution in [2.24, 2.45) is 0 Å². The van der Waals surface area contributed by atoms with Gasteiger partial charge in [0.1, 0.15) is 0 Å². The van der Waals surface area contributed by atoms with Gasteiger partial charge in [0.15, 0.2) is 28.4 Å². The highest BCUT2D eigenvalue weighted by Crippen LogP contribution is 2.25. The van der Waals surface area contributed by atoms with Crippen molar-refractivity contribution >= 4 is 23.4 Å². The summed E-state index contributed by atoms with van der Waals surface area (Å²) in [5.74, 6) is -4.50. The second-order valence-electron chi connectivity index (χ2n) is 5.63. The second kappa shape index (κ2) is 8.75. The molecule has 1 amide bonds. The smallest absolute Gasteiger partial charge is 0.234 e. The highest BCUT2D eigenvalue weighted by atomic mass is 32.2. The zero-order chi connectivity index (χ0) is 20.1. The lowest BCUT2D eigenvalue weighted by atomic mass is 10.2. The fourth-order valence-electron chi connectivity index (χ4n) is 2.43. The topological polar surface area (TPSA) is 59.8 Å². The van der Waals surface area contributed by atoms with Crippen molar-refractivity contribution < 1.29 is 18.0 Å². The number of halogens is 3. The van der Waals surface area contributed by atoms with E-state index in [1.807, 2.05) is 30.3 Å². The number of carbonyl (C=O) groups is 1. The van der Waals surface area contributed by atoms with Gasteiger partial charge in [-0.05, 0) is 12.1 Å². The van der Waals surface area contributed by atoms with Crippen LogP contribution in [0.1, 0.15) is 0 Å². The summed E-state index contributed by atoms with van der Waals surface area (Å²) in [5.41, 5.74) is 0.430. The van der Waals surface area contributed by atoms with Gasteiger partial charge in [-0.2, -0.15) is 0 Å². The number of thioether (sulfide) groups is 1. The van der Waals surface area contributed by atoms with E-state index in [1.165, 1.54) is 0 Å². The largest absolute Gasteiger partial charge is 0.323 e. The van der Waals surface area contributed by atoms with Crippen molar-refractivity contribution in [1.29, 1.82) is 0 Å². The highest BCUT2D eigenvalue weighted by molar-refractivity contribution is 7.99. The number of carbonyl (C=O) groups excluding carboxylic acids is 1. The Morgan fingerprint density at radius 1 is 1.11 bits per heavy atom. The lowest BCUT2D eigenvalue weighted by Gasteiger charge is -2.09. The van der Waals surface area contributed by atoms with Crippen molar-refractivity contribution in [3.8, 4) is 11.4 Å². The summed E-state index contributed by atoms with van der Waals surface area (Å²) in [4.78, 5) is 12.1. The number of rotatable bonds is 7. The standard InChI is InChI=1S/C19H15F3N4OS/c1-2-10-26-18(12-6-4-3-5-7-12)24-25-19(26)28-11-15(27)23-14-9-8-13(20)16(21)17(14)22/h2-9H,1,10-11H2,(H,23,27). The number of anilines is 1. The first-order valence-corrected chi connectivity index (χ1v) is 9.15. The van der Waals surface area contributed by atoms with Gasteiger partial charge in [0.2, 0.25) is 5.91 Å². The molecule has 0 unspecified atom stereocenters. The van der Waals surface area contributed by atoms with Crippen LogP contribution in [-0.2, 0) is 11.3 Å². The van der Waals surface area contributed by atoms with E-state index in [9.17, 15) is 18.0 Å². The predicted octanol–water partition coefficient (Wildman–Crippen LogP) is 4.28. The molecule has 3 aromatic rings. The summed E-state index contributed by atoms with van der Waals surface area (Å²) < 4.78 is 41.7. The maximum atomic E-state index is 13.7. The molecule has 0 aliphatic heterocycles. The van der Waals surface area contributed by atoms with E-state index in [0.717, 1.165) is 29.5 Å². The van der Waals surface area contributed by atoms with Gasteiger partial charge < -0.3 is 5.32 Å². The summed E-state index contributed by atoms with van der Waals surface area (Å²) in [7, 11) is 0. The van der Waals surface area contributed by atoms with Crippen molar-refractivity contribution in [1.82, 2.24) is 14.8 Å². The molecule has 1 heterocycles. The summed E-state index contributed by atoms with van der Waals surface area (Å²) in [6.45, 7) is 4.14. The molecule has 144 valence electrons. The van der Waals surface area contributed by atoms with Gasteiger partial charge >= 0.3 is 0 Å². The van der Waals surface area contributed by atoms with Crippen LogP contribution in [0.3, 0.4) is 0 Å². The molecule has 5 nitrogen and oxygen atoms in total. The van der Waals surface area contributed by atoms with Crippen LogP contribution < -0.4 is 5.32 Å². The van der Waals surface area contributed by atoms with E-state index in [1.54, 1.807) is 10.6 Å². The number of aromatic nitrogens is 3. The molecule has 0 fully saturated rings. The van der Waals surface area contributed by atoms with Crippen molar-refractivity contribution in [2.45, 2.75) is 11.7 Å². The highest BCUT2D eigenvalue weighted by Gasteiger charge is 2.17. The Kier molecular flexibility index (Phi) is 6.15. The predicted molar refractivity (Wildman–Crippen MR) is 101 cm³/mol. The number of allylic oxidation sites excluding steroid dienone is 1. The zero-order valence-electron chi connectivity index (χ0n) is 14.5. The lowest BCUT2D eigenvalue weighted by Crippen LogP contribution is -2.16. The maximum absolute atomic E-state index is 13.7. The molecule has 3 rings (SSSR count). The Bertz CT molecular complexity index is 1010. The Morgan fingerprint density at radius 3 is 2.57 bits per heavy atom. The maximum Gasteiger partial charge on any atom is 0.234 e. The molecule has 0 radical (unpaired) electrons. The molecule has 0 bridgehead atoms. The SMILES string of the molecule is C=CCn1c(SCC(=O)Nc2ccc(F)c(F)c2F)nnc1-c1ccccc1. The Morgan fingerprint density at radius 2 is 1.86 bits per heavy atom. The third kappa shape index (κ3) is 4.25. The fourth-order valence-corrected chi connectivity index (χ4v) is 3.18. The Balaban J connectivity index is 1.72. The minimum absolute atomic E-state index is 0.123. The first-order valence-electron chi connectivity index (χ1n) is 8.17. The molecule has 9 heteroatoms. The lowest BCUT2D eigenvalue weighted by molar-refractivity contribution is -0.113. The number of nitrogens with zero attached hydrogens (tertiary/aromatic N) is 3. The number of hydrogen-bond acceptors (Lipinski definition) is 4. The minimum Gasteiger partial charge on any atom is -0.323 e. The number of nitrogens with one attached hydrogen (secondary N) is 1. The molecule has 28 heavy (non-hydrogen) atoms. The molecule has 1 N–H and O–H groups in total. The molecule has 0 atom stereocenters. The Hall–Kier alpha value is -3.07. The van der Waals surface area contributed by atoms with Gasteiger partial charge in [0.25, 0.3) is 0 Å². The summed E-state index contributed by atoms with van der Waals surface area (Å²) >= 11 is 1.08. The van der Waals surface area contributed by atoms with Crippen LogP contribution in [0.25, 0.3) is 11.4 Å². The molecule has 1 aromatic heterocycles. The average Bonchev–Trinajstić information content (AvgIpc) is 3.10. The van der Waals surface area contributed by atoms with Crippen LogP contribution in [0.5, 0.6) is 0 Å². The molecule has 0 saturated heterocycles. The van der Waals surface area contributed by atoms with E-state index in [-0.39, 0.29) is 5.75 Å². The molecular weight excluding hydrogens is 389 g/mol. The van der Waals surface area contributed by atoms with E-state index < -0.39 is 29.0 Å². The van der Waals surface area contributed by atoms with Crippen molar-refractivity contribution in [2.75, 3.05) is 11.1 Å². The van der Waals surface area contributed by atoms with Crippen molar-refractivity contribution in [3.05, 3.63) is 72.6 Å². The third-order valence-corrected chi connectivity index (χ3v) is 4.67. The van der Waals surface area contributed by atoms with Crippen LogP contribution in [0.4, 0.5) is 18.9 Å². The first kappa shape index (κ1) is 19.7. The Labute approximate surface area is 163 Å². The number of benzene rings is 2. The second-order valence-corrected chi connectivity index (χ2v) is 6.57. The van der Waals surface area contributed by atoms with E-state index in [0.29, 0.717) is 17.5 Å². The normalized spacial score (nSPS) is 10.7. The summed E-state index contributed by atoms with van der Waals surface area (Å²) in [5, 5.41) is 11.0. The first-order chi connectivity index (χ1) is 13.5. The van der Waals surface area contributed by atoms with Gasteiger partial charge in [-0.1, -0.05) is 48.2 Å². The van der Waals surface area contributed by atoms with Crippen LogP contribution in [0.2, 0.25) is 0 Å². The van der Waals surface area contributed by atoms with Crippen LogP contribution in [-0.4, -0.2) is 26.4 Å². The van der Waals surface area contributed by atoms with E-state index >= 15 is 0 Å². The monoisotopic (exact) mass is 404 g/mol. The van der Waals surface area contributed by atoms with Gasteiger partial charge in [-0.25, -0.2) is 13.2 Å². The summed E-state index contributed by atoms with van der Waals surface area (Å²) in [6, 6.07) is 11.1. The van der Waals surface area contributed by atoms with Crippen LogP contribution in [0, 0.1) is 17.5 Å². The zero-order valence-corrected chi connectivity index (χ0v) is 15.3. The fraction of sp³-hybridized carbons (Fsp3) is 0.105. The van der Waals surface area contributed by atoms with Crippen LogP contribution in [0.15, 0.2) is 60.3 Å². The number of hydrogen-bond donors (Lipinski definition) is 1. The van der Waals surface area contributed by atoms with E-state index in [2.05, 4.69) is 22.1 Å². The van der Waals surface area contributed by atoms with Crippen LogP contribution >= 0.6 is 11.8 Å². The molecule has 0 aliphatic carbocycles. The van der Waals surface area contributed by atoms with E-state index in [4.69, 9.17) is 0 Å². The van der Waals surface area contributed by atoms with Gasteiger partial charge in [0.05, 0.1) is 11.4 Å². The third-order valence-electron chi connectivity index (χ3n) is 3.70. The summed E-state index contributed by atoms with van der Waals surface area (Å²) in [6.07, 6.45) is 1.68. The quantitative estimate of drug-likeness (QED) is 0.363. The van der Waals surface area contributed by atoms with Gasteiger partial charge in [-0.3, -0.25) is 9.36 Å². The minimum atomic E-state index is -1.64. The average molecular weight is 404 g/mol. The van der Waals surface area contributed by atoms with Crippen molar-refractivity contribution in [3.63, 3.8) is 0 Å². The van der Waals surface area contributed by atoms with Gasteiger partial charge in [-0.15, -0.1) is 16.8 Å². The molecule has 2 aromatic carbocycles. The number of amides is 1. The molecule has 0 saturated carbocycles.